The van der Waals surface area contributed by atoms with Gasteiger partial charge in [0.1, 0.15) is 0 Å². The van der Waals surface area contributed by atoms with Crippen LogP contribution in [0.1, 0.15) is 87.5 Å². The van der Waals surface area contributed by atoms with Crippen LogP contribution in [-0.4, -0.2) is 0 Å². The zero-order chi connectivity index (χ0) is 15.9. The quantitative estimate of drug-likeness (QED) is 0.468. The fourth-order valence-electron chi connectivity index (χ4n) is 2.53. The fraction of sp³-hybridized carbons (Fsp3) is 0.842. The van der Waals surface area contributed by atoms with Crippen LogP contribution in [0.4, 0.5) is 0 Å². The molecular weight excluding hydrogens is 317 g/mol. The monoisotopic (exact) mass is 358 g/mol. The van der Waals surface area contributed by atoms with Gasteiger partial charge in [-0.2, -0.15) is 26.7 Å². The van der Waals surface area contributed by atoms with Gasteiger partial charge in [-0.25, -0.2) is 0 Å². The van der Waals surface area contributed by atoms with Crippen molar-refractivity contribution < 1.29 is 32.7 Å². The van der Waals surface area contributed by atoms with Gasteiger partial charge in [0.05, 0.1) is 0 Å². The Hall–Kier alpha value is 1.10. The number of hydrogen-bond donors (Lipinski definition) is 0. The standard InChI is InChI=1S/C12H22.C3H7.2C2H6.Y/c1-5-12(6-2)8-11(9-12)7-10(3)4;1-3-2;2*1-2;/h10-11H,1-2,5-9H2,3-4H3;3H,1-2H3;2*1-2H3;/q-2;-1;;;+3. The first kappa shape index (κ1) is 29.2. The third-order valence-corrected chi connectivity index (χ3v) is 3.31. The Morgan fingerprint density at radius 2 is 1.30 bits per heavy atom. The molecule has 0 N–H and O–H groups in total. The Morgan fingerprint density at radius 3 is 1.50 bits per heavy atom. The summed E-state index contributed by atoms with van der Waals surface area (Å²) in [7, 11) is 0. The van der Waals surface area contributed by atoms with Crippen molar-refractivity contribution in [1.29, 1.82) is 0 Å². The van der Waals surface area contributed by atoms with Crippen LogP contribution in [-0.2, 0) is 32.7 Å². The fourth-order valence-corrected chi connectivity index (χ4v) is 2.53. The zero-order valence-electron chi connectivity index (χ0n) is 15.8. The molecule has 1 heteroatoms. The predicted molar refractivity (Wildman–Crippen MR) is 92.9 cm³/mol. The van der Waals surface area contributed by atoms with Crippen molar-refractivity contribution in [2.24, 2.45) is 17.3 Å². The summed E-state index contributed by atoms with van der Waals surface area (Å²) in [5.74, 6) is 1.84. The molecule has 0 atom stereocenters. The Labute approximate surface area is 157 Å². The van der Waals surface area contributed by atoms with Crippen molar-refractivity contribution in [1.82, 2.24) is 0 Å². The third-order valence-electron chi connectivity index (χ3n) is 3.31. The minimum atomic E-state index is 0. The predicted octanol–water partition coefficient (Wildman–Crippen LogP) is 7.16. The molecule has 0 aromatic rings. The van der Waals surface area contributed by atoms with Crippen LogP contribution in [0.15, 0.2) is 0 Å². The molecule has 1 aliphatic carbocycles. The molecule has 0 heterocycles. The van der Waals surface area contributed by atoms with Crippen LogP contribution in [0.25, 0.3) is 0 Å². The van der Waals surface area contributed by atoms with Crippen LogP contribution < -0.4 is 0 Å². The van der Waals surface area contributed by atoms with Crippen molar-refractivity contribution >= 4 is 0 Å². The van der Waals surface area contributed by atoms with Crippen LogP contribution in [0.5, 0.6) is 0 Å². The van der Waals surface area contributed by atoms with E-state index in [4.69, 9.17) is 0 Å². The summed E-state index contributed by atoms with van der Waals surface area (Å²) < 4.78 is 0. The minimum absolute atomic E-state index is 0. The normalized spacial score (nSPS) is 15.2. The van der Waals surface area contributed by atoms with Crippen molar-refractivity contribution in [3.05, 3.63) is 20.3 Å². The smallest absolute Gasteiger partial charge is 0.343 e. The Bertz CT molecular complexity index is 140. The maximum Gasteiger partial charge on any atom is 3.00 e. The van der Waals surface area contributed by atoms with Gasteiger partial charge in [-0.05, 0) is 31.1 Å². The Balaban J connectivity index is -0.000000138. The van der Waals surface area contributed by atoms with Crippen molar-refractivity contribution in [3.63, 3.8) is 0 Å². The van der Waals surface area contributed by atoms with E-state index in [1.54, 1.807) is 0 Å². The molecule has 1 saturated carbocycles. The Kier molecular flexibility index (Phi) is 29.3. The molecule has 120 valence electrons. The summed E-state index contributed by atoms with van der Waals surface area (Å²) >= 11 is 0. The number of rotatable bonds is 4. The average molecular weight is 358 g/mol. The zero-order valence-corrected chi connectivity index (χ0v) is 18.6. The molecule has 0 bridgehead atoms. The van der Waals surface area contributed by atoms with E-state index < -0.39 is 0 Å². The van der Waals surface area contributed by atoms with Crippen molar-refractivity contribution in [2.45, 2.75) is 87.5 Å². The molecule has 0 aliphatic heterocycles. The van der Waals surface area contributed by atoms with E-state index in [0.717, 1.165) is 24.7 Å². The van der Waals surface area contributed by atoms with E-state index >= 15 is 0 Å². The van der Waals surface area contributed by atoms with Crippen LogP contribution in [0, 0.1) is 37.5 Å². The molecule has 0 aromatic heterocycles. The van der Waals surface area contributed by atoms with E-state index in [1.165, 1.54) is 19.3 Å². The third kappa shape index (κ3) is 14.1. The molecule has 0 radical (unpaired) electrons. The maximum atomic E-state index is 4.02. The van der Waals surface area contributed by atoms with Gasteiger partial charge in [-0.1, -0.05) is 47.0 Å². The first-order chi connectivity index (χ1) is 9.03. The maximum absolute atomic E-state index is 4.02. The van der Waals surface area contributed by atoms with E-state index in [-0.39, 0.29) is 32.7 Å². The molecule has 0 amide bonds. The van der Waals surface area contributed by atoms with Crippen LogP contribution in [0.2, 0.25) is 0 Å². The minimum Gasteiger partial charge on any atom is -0.343 e. The summed E-state index contributed by atoms with van der Waals surface area (Å²) in [4.78, 5) is 0. The molecule has 0 aromatic carbocycles. The van der Waals surface area contributed by atoms with Gasteiger partial charge in [-0.15, -0.1) is 0 Å². The molecular formula is C19H41Y. The van der Waals surface area contributed by atoms with E-state index in [9.17, 15) is 0 Å². The van der Waals surface area contributed by atoms with Crippen LogP contribution in [0.3, 0.4) is 0 Å². The topological polar surface area (TPSA) is 0 Å². The summed E-state index contributed by atoms with van der Waals surface area (Å²) in [5.41, 5.74) is 0.541. The van der Waals surface area contributed by atoms with Gasteiger partial charge in [-0.3, -0.25) is 0 Å². The second kappa shape index (κ2) is 20.1. The second-order valence-corrected chi connectivity index (χ2v) is 5.48. The van der Waals surface area contributed by atoms with Gasteiger partial charge in [0.25, 0.3) is 0 Å². The van der Waals surface area contributed by atoms with E-state index in [0.29, 0.717) is 5.41 Å². The average Bonchev–Trinajstić information content (AvgIpc) is 2.39. The van der Waals surface area contributed by atoms with Gasteiger partial charge in [0.2, 0.25) is 0 Å². The van der Waals surface area contributed by atoms with E-state index in [2.05, 4.69) is 27.7 Å². The van der Waals surface area contributed by atoms with Crippen LogP contribution >= 0.6 is 0 Å². The molecule has 0 spiro atoms. The molecule has 1 fully saturated rings. The first-order valence-corrected chi connectivity index (χ1v) is 8.36. The molecule has 0 nitrogen and oxygen atoms in total. The summed E-state index contributed by atoms with van der Waals surface area (Å²) in [5, 5.41) is 0. The molecule has 0 unspecified atom stereocenters. The molecule has 20 heavy (non-hydrogen) atoms. The van der Waals surface area contributed by atoms with Gasteiger partial charge < -0.3 is 20.3 Å². The van der Waals surface area contributed by atoms with E-state index in [1.807, 2.05) is 48.0 Å². The largest absolute Gasteiger partial charge is 3.00 e. The van der Waals surface area contributed by atoms with Gasteiger partial charge in [0.15, 0.2) is 0 Å². The second-order valence-electron chi connectivity index (χ2n) is 5.48. The molecule has 0 saturated heterocycles. The van der Waals surface area contributed by atoms with Crippen molar-refractivity contribution in [2.75, 3.05) is 0 Å². The van der Waals surface area contributed by atoms with Gasteiger partial charge in [0, 0.05) is 0 Å². The Morgan fingerprint density at radius 1 is 1.00 bits per heavy atom. The summed E-state index contributed by atoms with van der Waals surface area (Å²) in [6.07, 6.45) is 8.36. The molecule has 1 aliphatic rings. The molecule has 1 rings (SSSR count). The SMILES string of the molecule is CC.CC.C[CH-]C.[CH2-]CC1(C[CH2-])CC(CC(C)C)C1.[Y+3]. The summed E-state index contributed by atoms with van der Waals surface area (Å²) in [6, 6.07) is 0. The number of hydrogen-bond acceptors (Lipinski definition) is 0. The summed E-state index contributed by atoms with van der Waals surface area (Å²) in [6.45, 7) is 24.7. The van der Waals surface area contributed by atoms with Gasteiger partial charge >= 0.3 is 32.7 Å². The van der Waals surface area contributed by atoms with Crippen molar-refractivity contribution in [3.8, 4) is 0 Å². The first-order valence-electron chi connectivity index (χ1n) is 8.36.